The van der Waals surface area contributed by atoms with Crippen LogP contribution >= 0.6 is 22.6 Å². The van der Waals surface area contributed by atoms with Crippen molar-refractivity contribution in [2.75, 3.05) is 11.1 Å². The van der Waals surface area contributed by atoms with E-state index in [9.17, 15) is 4.79 Å². The van der Waals surface area contributed by atoms with Crippen molar-refractivity contribution in [1.82, 2.24) is 9.97 Å². The van der Waals surface area contributed by atoms with Gasteiger partial charge in [-0.15, -0.1) is 0 Å². The van der Waals surface area contributed by atoms with Crippen molar-refractivity contribution >= 4 is 50.8 Å². The lowest BCUT2D eigenvalue weighted by Gasteiger charge is -2.06. The molecule has 0 radical (unpaired) electrons. The minimum absolute atomic E-state index is 0.213. The van der Waals surface area contributed by atoms with E-state index in [4.69, 9.17) is 5.73 Å². The maximum absolute atomic E-state index is 12.0. The van der Waals surface area contributed by atoms with Gasteiger partial charge in [-0.1, -0.05) is 0 Å². The van der Waals surface area contributed by atoms with Crippen LogP contribution in [0, 0.1) is 3.57 Å². The van der Waals surface area contributed by atoms with E-state index in [2.05, 4.69) is 37.9 Å². The number of nitrogen functional groups attached to an aromatic ring is 1. The van der Waals surface area contributed by atoms with Crippen molar-refractivity contribution in [3.63, 3.8) is 0 Å². The average molecular weight is 378 g/mol. The predicted octanol–water partition coefficient (Wildman–Crippen LogP) is 2.85. The van der Waals surface area contributed by atoms with E-state index in [1.807, 2.05) is 24.3 Å². The molecule has 0 unspecified atom stereocenters. The van der Waals surface area contributed by atoms with Crippen molar-refractivity contribution < 1.29 is 0 Å². The van der Waals surface area contributed by atoms with Crippen LogP contribution in [0.1, 0.15) is 0 Å². The molecule has 0 amide bonds. The molecule has 0 spiro atoms. The maximum atomic E-state index is 12.0. The molecule has 0 saturated carbocycles. The summed E-state index contributed by atoms with van der Waals surface area (Å²) in [7, 11) is 0. The normalized spacial score (nSPS) is 10.7. The first-order valence-corrected chi connectivity index (χ1v) is 7.02. The summed E-state index contributed by atoms with van der Waals surface area (Å²) in [4.78, 5) is 19.1. The summed E-state index contributed by atoms with van der Waals surface area (Å²) < 4.78 is 1.14. The molecular formula is C14H11IN4O. The molecule has 0 fully saturated rings. The van der Waals surface area contributed by atoms with Crippen molar-refractivity contribution in [2.24, 2.45) is 0 Å². The quantitative estimate of drug-likeness (QED) is 0.473. The van der Waals surface area contributed by atoms with Gasteiger partial charge < -0.3 is 11.1 Å². The molecule has 1 aromatic heterocycles. The molecular weight excluding hydrogens is 367 g/mol. The van der Waals surface area contributed by atoms with E-state index in [1.54, 1.807) is 18.2 Å². The summed E-state index contributed by atoms with van der Waals surface area (Å²) >= 11 is 2.23. The number of rotatable bonds is 2. The molecule has 4 N–H and O–H groups in total. The Morgan fingerprint density at radius 2 is 1.90 bits per heavy atom. The minimum Gasteiger partial charge on any atom is -0.399 e. The highest BCUT2D eigenvalue weighted by molar-refractivity contribution is 14.1. The highest BCUT2D eigenvalue weighted by atomic mass is 127. The Labute approximate surface area is 128 Å². The third-order valence-electron chi connectivity index (χ3n) is 2.84. The highest BCUT2D eigenvalue weighted by Gasteiger charge is 2.04. The van der Waals surface area contributed by atoms with Crippen molar-refractivity contribution in [2.45, 2.75) is 0 Å². The Balaban J connectivity index is 2.02. The number of nitrogens with zero attached hydrogens (tertiary/aromatic N) is 1. The molecule has 0 aliphatic carbocycles. The van der Waals surface area contributed by atoms with Gasteiger partial charge in [0.25, 0.3) is 5.56 Å². The van der Waals surface area contributed by atoms with Crippen LogP contribution in [0.3, 0.4) is 0 Å². The average Bonchev–Trinajstić information content (AvgIpc) is 2.42. The van der Waals surface area contributed by atoms with E-state index >= 15 is 0 Å². The van der Waals surface area contributed by atoms with Crippen LogP contribution in [-0.2, 0) is 0 Å². The van der Waals surface area contributed by atoms with E-state index in [0.29, 0.717) is 22.5 Å². The van der Waals surface area contributed by atoms with Crippen molar-refractivity contribution in [3.8, 4) is 0 Å². The van der Waals surface area contributed by atoms with Gasteiger partial charge >= 0.3 is 0 Å². The van der Waals surface area contributed by atoms with Crippen LogP contribution in [0.5, 0.6) is 0 Å². The lowest BCUT2D eigenvalue weighted by molar-refractivity contribution is 1.17. The van der Waals surface area contributed by atoms with Crippen LogP contribution in [-0.4, -0.2) is 9.97 Å². The Kier molecular flexibility index (Phi) is 3.31. The number of aromatic amines is 1. The second-order valence-corrected chi connectivity index (χ2v) is 5.57. The largest absolute Gasteiger partial charge is 0.399 e. The molecule has 3 rings (SSSR count). The summed E-state index contributed by atoms with van der Waals surface area (Å²) in [6.45, 7) is 0. The first-order valence-electron chi connectivity index (χ1n) is 5.94. The topological polar surface area (TPSA) is 83.8 Å². The molecule has 5 nitrogen and oxygen atoms in total. The lowest BCUT2D eigenvalue weighted by Crippen LogP contribution is -2.11. The van der Waals surface area contributed by atoms with Crippen LogP contribution in [0.25, 0.3) is 10.9 Å². The van der Waals surface area contributed by atoms with Gasteiger partial charge in [0.1, 0.15) is 0 Å². The first-order chi connectivity index (χ1) is 9.61. The number of nitrogens with two attached hydrogens (primary N) is 1. The zero-order valence-electron chi connectivity index (χ0n) is 10.4. The van der Waals surface area contributed by atoms with Gasteiger partial charge in [0, 0.05) is 14.9 Å². The van der Waals surface area contributed by atoms with Crippen LogP contribution in [0.4, 0.5) is 17.3 Å². The maximum Gasteiger partial charge on any atom is 0.260 e. The zero-order chi connectivity index (χ0) is 14.1. The first kappa shape index (κ1) is 12.9. The third-order valence-corrected chi connectivity index (χ3v) is 3.56. The van der Waals surface area contributed by atoms with Crippen molar-refractivity contribution in [3.05, 3.63) is 56.4 Å². The fourth-order valence-electron chi connectivity index (χ4n) is 1.89. The summed E-state index contributed by atoms with van der Waals surface area (Å²) in [5.74, 6) is 0.411. The molecule has 2 aromatic carbocycles. The van der Waals surface area contributed by atoms with Crippen LogP contribution in [0.15, 0.2) is 47.3 Å². The number of aromatic nitrogens is 2. The molecule has 3 aromatic rings. The number of benzene rings is 2. The molecule has 0 aliphatic heterocycles. The number of anilines is 3. The van der Waals surface area contributed by atoms with Crippen LogP contribution in [0.2, 0.25) is 0 Å². The van der Waals surface area contributed by atoms with Crippen molar-refractivity contribution in [1.29, 1.82) is 0 Å². The molecule has 0 saturated heterocycles. The molecule has 0 bridgehead atoms. The number of H-pyrrole nitrogens is 1. The number of nitrogens with one attached hydrogen (secondary N) is 2. The Morgan fingerprint density at radius 3 is 2.65 bits per heavy atom. The third kappa shape index (κ3) is 2.60. The monoisotopic (exact) mass is 378 g/mol. The fourth-order valence-corrected chi connectivity index (χ4v) is 2.25. The number of halogens is 1. The van der Waals surface area contributed by atoms with Gasteiger partial charge in [0.2, 0.25) is 5.95 Å². The van der Waals surface area contributed by atoms with E-state index in [1.165, 1.54) is 0 Å². The van der Waals surface area contributed by atoms with E-state index in [0.717, 1.165) is 9.26 Å². The highest BCUT2D eigenvalue weighted by Crippen LogP contribution is 2.17. The second kappa shape index (κ2) is 5.12. The van der Waals surface area contributed by atoms with E-state index < -0.39 is 0 Å². The van der Waals surface area contributed by atoms with Gasteiger partial charge in [-0.05, 0) is 65.1 Å². The second-order valence-electron chi connectivity index (χ2n) is 4.32. The number of hydrogen-bond donors (Lipinski definition) is 3. The summed E-state index contributed by atoms with van der Waals surface area (Å²) in [6, 6.07) is 12.9. The van der Waals surface area contributed by atoms with E-state index in [-0.39, 0.29) is 5.56 Å². The Hall–Kier alpha value is -2.09. The van der Waals surface area contributed by atoms with Gasteiger partial charge in [0.15, 0.2) is 0 Å². The van der Waals surface area contributed by atoms with Gasteiger partial charge in [-0.3, -0.25) is 9.78 Å². The number of hydrogen-bond acceptors (Lipinski definition) is 4. The Morgan fingerprint density at radius 1 is 1.15 bits per heavy atom. The molecule has 6 heteroatoms. The molecule has 0 aliphatic rings. The van der Waals surface area contributed by atoms with Gasteiger partial charge in [-0.2, -0.15) is 0 Å². The number of fused-ring (bicyclic) bond motifs is 1. The minimum atomic E-state index is -0.213. The Bertz CT molecular complexity index is 827. The predicted molar refractivity (Wildman–Crippen MR) is 89.2 cm³/mol. The summed E-state index contributed by atoms with van der Waals surface area (Å²) in [5.41, 5.74) is 7.48. The van der Waals surface area contributed by atoms with Crippen LogP contribution < -0.4 is 16.6 Å². The molecule has 0 atom stereocenters. The summed E-state index contributed by atoms with van der Waals surface area (Å²) in [6.07, 6.45) is 0. The smallest absolute Gasteiger partial charge is 0.260 e. The molecule has 1 heterocycles. The SMILES string of the molecule is Nc1ccc2nc(Nc3ccc(I)cc3)[nH]c(=O)c2c1. The van der Waals surface area contributed by atoms with Gasteiger partial charge in [-0.25, -0.2) is 4.98 Å². The lowest BCUT2D eigenvalue weighted by atomic mass is 10.2. The van der Waals surface area contributed by atoms with Gasteiger partial charge in [0.05, 0.1) is 10.9 Å². The fraction of sp³-hybridized carbons (Fsp3) is 0. The molecule has 100 valence electrons. The molecule has 20 heavy (non-hydrogen) atoms. The summed E-state index contributed by atoms with van der Waals surface area (Å²) in [5, 5.41) is 3.56. The zero-order valence-corrected chi connectivity index (χ0v) is 12.5. The standard InChI is InChI=1S/C14H11IN4O/c15-8-1-4-10(5-2-8)17-14-18-12-6-3-9(16)7-11(12)13(20)19-14/h1-7H,16H2,(H2,17,18,19,20).